The van der Waals surface area contributed by atoms with Crippen molar-refractivity contribution in [1.29, 1.82) is 0 Å². The van der Waals surface area contributed by atoms with Crippen molar-refractivity contribution in [2.45, 2.75) is 13.0 Å². The first-order valence-corrected chi connectivity index (χ1v) is 9.37. The summed E-state index contributed by atoms with van der Waals surface area (Å²) in [7, 11) is 3.08. The van der Waals surface area contributed by atoms with Crippen LogP contribution in [0, 0.1) is 3.57 Å². The molecule has 0 aliphatic rings. The zero-order valence-electron chi connectivity index (χ0n) is 14.9. The van der Waals surface area contributed by atoms with Gasteiger partial charge in [-0.15, -0.1) is 5.10 Å². The molecule has 2 heterocycles. The van der Waals surface area contributed by atoms with Gasteiger partial charge >= 0.3 is 5.69 Å². The van der Waals surface area contributed by atoms with E-state index in [9.17, 15) is 9.59 Å². The second-order valence-corrected chi connectivity index (χ2v) is 6.89. The van der Waals surface area contributed by atoms with E-state index in [2.05, 4.69) is 33.0 Å². The average Bonchev–Trinajstić information content (AvgIpc) is 3.00. The molecule has 2 aromatic heterocycles. The average molecular weight is 482 g/mol. The number of carbonyl (C=O) groups excluding carboxylic acids is 1. The fourth-order valence-electron chi connectivity index (χ4n) is 2.67. The van der Waals surface area contributed by atoms with Crippen molar-refractivity contribution in [2.75, 3.05) is 20.8 Å². The van der Waals surface area contributed by atoms with Crippen molar-refractivity contribution >= 4 is 34.1 Å². The van der Waals surface area contributed by atoms with E-state index in [0.29, 0.717) is 42.2 Å². The lowest BCUT2D eigenvalue weighted by atomic mass is 10.2. The lowest BCUT2D eigenvalue weighted by Gasteiger charge is -2.12. The third-order valence-corrected chi connectivity index (χ3v) is 4.93. The summed E-state index contributed by atoms with van der Waals surface area (Å²) < 4.78 is 14.1. The molecule has 0 fully saturated rings. The lowest BCUT2D eigenvalue weighted by Crippen LogP contribution is -2.28. The molecule has 0 aliphatic carbocycles. The summed E-state index contributed by atoms with van der Waals surface area (Å²) in [4.78, 5) is 24.7. The van der Waals surface area contributed by atoms with Crippen LogP contribution in [0.25, 0.3) is 5.65 Å². The molecule has 27 heavy (non-hydrogen) atoms. The topological polar surface area (TPSA) is 86.9 Å². The molecule has 0 radical (unpaired) electrons. The molecule has 1 aromatic carbocycles. The van der Waals surface area contributed by atoms with Gasteiger partial charge in [-0.3, -0.25) is 9.20 Å². The summed E-state index contributed by atoms with van der Waals surface area (Å²) in [5, 5.41) is 7.13. The van der Waals surface area contributed by atoms with Gasteiger partial charge in [-0.25, -0.2) is 9.48 Å². The second kappa shape index (κ2) is 8.42. The molecule has 0 saturated carbocycles. The van der Waals surface area contributed by atoms with Gasteiger partial charge in [-0.1, -0.05) is 6.07 Å². The summed E-state index contributed by atoms with van der Waals surface area (Å²) >= 11 is 2.09. The summed E-state index contributed by atoms with van der Waals surface area (Å²) in [5.41, 5.74) is 0.927. The van der Waals surface area contributed by atoms with Crippen LogP contribution >= 0.6 is 22.6 Å². The molecule has 0 spiro atoms. The first kappa shape index (κ1) is 19.2. The second-order valence-electron chi connectivity index (χ2n) is 5.73. The van der Waals surface area contributed by atoms with E-state index in [1.54, 1.807) is 37.6 Å². The molecule has 0 bridgehead atoms. The molecule has 3 rings (SSSR count). The summed E-state index contributed by atoms with van der Waals surface area (Å²) in [6, 6.07) is 8.80. The number of ether oxygens (including phenoxy) is 2. The Bertz CT molecular complexity index is 1030. The highest BCUT2D eigenvalue weighted by atomic mass is 127. The Kier molecular flexibility index (Phi) is 5.99. The molecule has 3 aromatic rings. The summed E-state index contributed by atoms with van der Waals surface area (Å²) in [6.07, 6.45) is 2.27. The van der Waals surface area contributed by atoms with Crippen molar-refractivity contribution in [2.24, 2.45) is 0 Å². The maximum Gasteiger partial charge on any atom is 0.350 e. The van der Waals surface area contributed by atoms with Crippen LogP contribution < -0.4 is 20.5 Å². The van der Waals surface area contributed by atoms with Crippen molar-refractivity contribution in [1.82, 2.24) is 19.5 Å². The quantitative estimate of drug-likeness (QED) is 0.411. The van der Waals surface area contributed by atoms with Gasteiger partial charge in [0.05, 0.1) is 19.8 Å². The number of nitrogens with one attached hydrogen (secondary N) is 1. The maximum atomic E-state index is 12.5. The zero-order chi connectivity index (χ0) is 19.4. The van der Waals surface area contributed by atoms with Gasteiger partial charge in [-0.05, 0) is 53.3 Å². The predicted molar refractivity (Wildman–Crippen MR) is 109 cm³/mol. The van der Waals surface area contributed by atoms with E-state index >= 15 is 0 Å². The Labute approximate surface area is 169 Å². The summed E-state index contributed by atoms with van der Waals surface area (Å²) in [6.45, 7) is 0.841. The van der Waals surface area contributed by atoms with Crippen molar-refractivity contribution in [3.05, 3.63) is 56.1 Å². The number of hydrogen-bond donors (Lipinski definition) is 1. The smallest absolute Gasteiger partial charge is 0.350 e. The van der Waals surface area contributed by atoms with Gasteiger partial charge in [0.1, 0.15) is 0 Å². The van der Waals surface area contributed by atoms with Crippen LogP contribution in [-0.2, 0) is 6.54 Å². The van der Waals surface area contributed by atoms with Crippen LogP contribution in [0.2, 0.25) is 0 Å². The normalized spacial score (nSPS) is 10.8. The Morgan fingerprint density at radius 3 is 2.67 bits per heavy atom. The van der Waals surface area contributed by atoms with Crippen molar-refractivity contribution in [3.8, 4) is 11.5 Å². The number of pyridine rings is 1. The Morgan fingerprint density at radius 1 is 1.22 bits per heavy atom. The van der Waals surface area contributed by atoms with Crippen LogP contribution in [0.3, 0.4) is 0 Å². The van der Waals surface area contributed by atoms with Crippen LogP contribution in [-0.4, -0.2) is 40.9 Å². The number of hydrogen-bond acceptors (Lipinski definition) is 5. The number of carbonyl (C=O) groups is 1. The zero-order valence-corrected chi connectivity index (χ0v) is 17.1. The van der Waals surface area contributed by atoms with Crippen LogP contribution in [0.15, 0.2) is 41.3 Å². The number of benzene rings is 1. The van der Waals surface area contributed by atoms with Crippen LogP contribution in [0.1, 0.15) is 16.8 Å². The maximum absolute atomic E-state index is 12.5. The highest BCUT2D eigenvalue weighted by Gasteiger charge is 2.15. The number of amides is 1. The molecule has 142 valence electrons. The largest absolute Gasteiger partial charge is 0.493 e. The van der Waals surface area contributed by atoms with Gasteiger partial charge in [0, 0.05) is 22.9 Å². The minimum absolute atomic E-state index is 0.189. The molecule has 1 amide bonds. The van der Waals surface area contributed by atoms with Crippen LogP contribution in [0.5, 0.6) is 11.5 Å². The molecule has 9 heteroatoms. The number of fused-ring (bicyclic) bond motifs is 1. The molecule has 0 unspecified atom stereocenters. The fraction of sp³-hybridized carbons (Fsp3) is 0.278. The van der Waals surface area contributed by atoms with Gasteiger partial charge in [-0.2, -0.15) is 0 Å². The molecular formula is C18H19IN4O4. The monoisotopic (exact) mass is 482 g/mol. The number of methoxy groups -OCH3 is 2. The number of halogens is 1. The van der Waals surface area contributed by atoms with E-state index in [1.165, 1.54) is 16.2 Å². The number of aromatic nitrogens is 3. The minimum atomic E-state index is -0.206. The molecule has 0 saturated heterocycles. The molecule has 0 aliphatic heterocycles. The van der Waals surface area contributed by atoms with E-state index in [4.69, 9.17) is 9.47 Å². The Balaban J connectivity index is 1.61. The lowest BCUT2D eigenvalue weighted by molar-refractivity contribution is 0.0951. The third-order valence-electron chi connectivity index (χ3n) is 4.04. The highest BCUT2D eigenvalue weighted by molar-refractivity contribution is 14.1. The number of aryl methyl sites for hydroxylation is 1. The minimum Gasteiger partial charge on any atom is -0.493 e. The summed E-state index contributed by atoms with van der Waals surface area (Å²) in [5.74, 6) is 0.867. The highest BCUT2D eigenvalue weighted by Crippen LogP contribution is 2.31. The SMILES string of the molecule is COc1cc(I)c(C(=O)NCCCn2nc3ccccn3c2=O)cc1OC. The Hall–Kier alpha value is -2.56. The Morgan fingerprint density at radius 2 is 1.96 bits per heavy atom. The van der Waals surface area contributed by atoms with E-state index in [-0.39, 0.29) is 11.6 Å². The molecule has 8 nitrogen and oxygen atoms in total. The van der Waals surface area contributed by atoms with Gasteiger partial charge in [0.2, 0.25) is 0 Å². The number of nitrogens with zero attached hydrogens (tertiary/aromatic N) is 3. The first-order valence-electron chi connectivity index (χ1n) is 8.29. The third kappa shape index (κ3) is 4.07. The first-order chi connectivity index (χ1) is 13.0. The fourth-order valence-corrected chi connectivity index (χ4v) is 3.35. The standard InChI is InChI=1S/C18H19IN4O4/c1-26-14-10-12(13(19)11-15(14)27-2)17(24)20-7-5-9-23-18(25)22-8-4-3-6-16(22)21-23/h3-4,6,8,10-11H,5,7,9H2,1-2H3,(H,20,24). The predicted octanol–water partition coefficient (Wildman–Crippen LogP) is 1.94. The van der Waals surface area contributed by atoms with Crippen molar-refractivity contribution in [3.63, 3.8) is 0 Å². The molecule has 1 N–H and O–H groups in total. The van der Waals surface area contributed by atoms with Crippen LogP contribution in [0.4, 0.5) is 0 Å². The van der Waals surface area contributed by atoms with E-state index in [0.717, 1.165) is 3.57 Å². The van der Waals surface area contributed by atoms with E-state index in [1.807, 2.05) is 6.07 Å². The van der Waals surface area contributed by atoms with Gasteiger partial charge < -0.3 is 14.8 Å². The van der Waals surface area contributed by atoms with Crippen molar-refractivity contribution < 1.29 is 14.3 Å². The van der Waals surface area contributed by atoms with Gasteiger partial charge in [0.15, 0.2) is 17.1 Å². The van der Waals surface area contributed by atoms with Gasteiger partial charge in [0.25, 0.3) is 5.91 Å². The van der Waals surface area contributed by atoms with E-state index < -0.39 is 0 Å². The molecular weight excluding hydrogens is 463 g/mol. The number of rotatable bonds is 7. The molecule has 0 atom stereocenters.